The molecule has 0 bridgehead atoms. The van der Waals surface area contributed by atoms with Gasteiger partial charge in [0, 0.05) is 13.2 Å². The molecule has 0 atom stereocenters. The molecule has 0 aliphatic carbocycles. The number of carboxylic acids is 1. The molecule has 1 aromatic carbocycles. The Kier molecular flexibility index (Phi) is 1.63. The number of nitrogens with zero attached hydrogens (tertiary/aromatic N) is 2. The number of imidazole rings is 1. The molecule has 0 saturated heterocycles. The van der Waals surface area contributed by atoms with Crippen molar-refractivity contribution in [2.24, 2.45) is 7.05 Å². The summed E-state index contributed by atoms with van der Waals surface area (Å²) in [5.74, 6) is -0.897. The lowest BCUT2D eigenvalue weighted by Crippen LogP contribution is -1.95. The second kappa shape index (κ2) is 2.88. The summed E-state index contributed by atoms with van der Waals surface area (Å²) in [5.41, 5.74) is 3.31. The standard InChI is InChI=1S/C12H10N2O2/c1-13-9-5-4-8(12(15)16)7-10(9)14-6-2-3-11(13)14/h2-7H,1H3,(H,15,16). The van der Waals surface area contributed by atoms with E-state index in [-0.39, 0.29) is 0 Å². The lowest BCUT2D eigenvalue weighted by Gasteiger charge is -1.97. The summed E-state index contributed by atoms with van der Waals surface area (Å²) in [6.07, 6.45) is 1.93. The molecule has 2 heterocycles. The normalized spacial score (nSPS) is 11.3. The summed E-state index contributed by atoms with van der Waals surface area (Å²) >= 11 is 0. The highest BCUT2D eigenvalue weighted by Gasteiger charge is 2.10. The average molecular weight is 214 g/mol. The van der Waals surface area contributed by atoms with Crippen molar-refractivity contribution >= 4 is 22.6 Å². The van der Waals surface area contributed by atoms with Crippen LogP contribution in [-0.2, 0) is 7.05 Å². The predicted octanol–water partition coefficient (Wildman–Crippen LogP) is 2.13. The smallest absolute Gasteiger partial charge is 0.335 e. The van der Waals surface area contributed by atoms with Crippen LogP contribution in [-0.4, -0.2) is 20.0 Å². The van der Waals surface area contributed by atoms with E-state index in [2.05, 4.69) is 0 Å². The molecule has 16 heavy (non-hydrogen) atoms. The van der Waals surface area contributed by atoms with E-state index in [1.807, 2.05) is 40.4 Å². The zero-order valence-electron chi connectivity index (χ0n) is 8.71. The van der Waals surface area contributed by atoms with Gasteiger partial charge in [-0.15, -0.1) is 0 Å². The molecular formula is C12H10N2O2. The van der Waals surface area contributed by atoms with E-state index in [0.29, 0.717) is 5.56 Å². The summed E-state index contributed by atoms with van der Waals surface area (Å²) in [5, 5.41) is 8.96. The minimum atomic E-state index is -0.897. The number of rotatable bonds is 1. The van der Waals surface area contributed by atoms with Gasteiger partial charge in [-0.25, -0.2) is 4.79 Å². The quantitative estimate of drug-likeness (QED) is 0.674. The fourth-order valence-electron chi connectivity index (χ4n) is 2.11. The summed E-state index contributed by atoms with van der Waals surface area (Å²) in [6, 6.07) is 9.11. The number of carbonyl (C=O) groups is 1. The van der Waals surface area contributed by atoms with Crippen LogP contribution in [0.2, 0.25) is 0 Å². The van der Waals surface area contributed by atoms with Crippen molar-refractivity contribution in [3.05, 3.63) is 42.1 Å². The Morgan fingerprint density at radius 3 is 2.81 bits per heavy atom. The Morgan fingerprint density at radius 1 is 1.25 bits per heavy atom. The third kappa shape index (κ3) is 1.01. The summed E-state index contributed by atoms with van der Waals surface area (Å²) in [4.78, 5) is 10.9. The van der Waals surface area contributed by atoms with Crippen LogP contribution in [0.25, 0.3) is 16.7 Å². The molecule has 0 aliphatic heterocycles. The number of aromatic carboxylic acids is 1. The van der Waals surface area contributed by atoms with Crippen LogP contribution in [0.3, 0.4) is 0 Å². The number of aromatic nitrogens is 2. The maximum atomic E-state index is 10.9. The van der Waals surface area contributed by atoms with Crippen LogP contribution >= 0.6 is 0 Å². The van der Waals surface area contributed by atoms with Gasteiger partial charge in [-0.2, -0.15) is 0 Å². The molecule has 0 spiro atoms. The van der Waals surface area contributed by atoms with Crippen molar-refractivity contribution < 1.29 is 9.90 Å². The van der Waals surface area contributed by atoms with Gasteiger partial charge in [-0.05, 0) is 30.3 Å². The van der Waals surface area contributed by atoms with Crippen LogP contribution in [0.1, 0.15) is 10.4 Å². The lowest BCUT2D eigenvalue weighted by molar-refractivity contribution is 0.0697. The Morgan fingerprint density at radius 2 is 2.06 bits per heavy atom. The van der Waals surface area contributed by atoms with Gasteiger partial charge in [0.05, 0.1) is 16.6 Å². The number of hydrogen-bond donors (Lipinski definition) is 1. The molecule has 2 aromatic heterocycles. The molecule has 4 nitrogen and oxygen atoms in total. The number of hydrogen-bond acceptors (Lipinski definition) is 1. The van der Waals surface area contributed by atoms with E-state index < -0.39 is 5.97 Å². The zero-order valence-corrected chi connectivity index (χ0v) is 8.71. The topological polar surface area (TPSA) is 46.6 Å². The highest BCUT2D eigenvalue weighted by molar-refractivity contribution is 5.93. The lowest BCUT2D eigenvalue weighted by atomic mass is 10.2. The van der Waals surface area contributed by atoms with Gasteiger partial charge in [-0.3, -0.25) is 0 Å². The molecule has 0 aliphatic rings. The van der Waals surface area contributed by atoms with E-state index in [9.17, 15) is 4.79 Å². The highest BCUT2D eigenvalue weighted by atomic mass is 16.4. The molecule has 0 radical (unpaired) electrons. The van der Waals surface area contributed by atoms with Gasteiger partial charge in [0.15, 0.2) is 0 Å². The van der Waals surface area contributed by atoms with E-state index in [1.165, 1.54) is 0 Å². The maximum absolute atomic E-state index is 10.9. The fourth-order valence-corrected chi connectivity index (χ4v) is 2.11. The van der Waals surface area contributed by atoms with Crippen molar-refractivity contribution in [2.75, 3.05) is 0 Å². The first kappa shape index (κ1) is 9.03. The van der Waals surface area contributed by atoms with E-state index in [0.717, 1.165) is 16.7 Å². The second-order valence-corrected chi connectivity index (χ2v) is 3.80. The van der Waals surface area contributed by atoms with Crippen molar-refractivity contribution in [2.45, 2.75) is 0 Å². The molecule has 80 valence electrons. The molecule has 1 N–H and O–H groups in total. The molecule has 3 aromatic rings. The molecule has 0 fully saturated rings. The number of benzene rings is 1. The minimum Gasteiger partial charge on any atom is -0.478 e. The zero-order chi connectivity index (χ0) is 11.3. The van der Waals surface area contributed by atoms with Crippen LogP contribution in [0.15, 0.2) is 36.5 Å². The molecular weight excluding hydrogens is 204 g/mol. The van der Waals surface area contributed by atoms with Gasteiger partial charge < -0.3 is 14.1 Å². The van der Waals surface area contributed by atoms with Gasteiger partial charge in [-0.1, -0.05) is 0 Å². The Balaban J connectivity index is 2.49. The van der Waals surface area contributed by atoms with Gasteiger partial charge in [0.25, 0.3) is 0 Å². The number of aryl methyl sites for hydroxylation is 1. The largest absolute Gasteiger partial charge is 0.478 e. The minimum absolute atomic E-state index is 0.314. The first-order valence-corrected chi connectivity index (χ1v) is 4.97. The Labute approximate surface area is 91.3 Å². The molecule has 0 unspecified atom stereocenters. The molecule has 0 amide bonds. The number of fused-ring (bicyclic) bond motifs is 3. The van der Waals surface area contributed by atoms with Crippen LogP contribution in [0.5, 0.6) is 0 Å². The molecule has 3 rings (SSSR count). The Bertz CT molecular complexity index is 706. The third-order valence-electron chi connectivity index (χ3n) is 2.91. The molecule has 4 heteroatoms. The van der Waals surface area contributed by atoms with Gasteiger partial charge >= 0.3 is 5.97 Å². The van der Waals surface area contributed by atoms with Crippen molar-refractivity contribution in [3.63, 3.8) is 0 Å². The first-order valence-electron chi connectivity index (χ1n) is 4.97. The van der Waals surface area contributed by atoms with Crippen LogP contribution < -0.4 is 0 Å². The Hall–Kier alpha value is -2.23. The van der Waals surface area contributed by atoms with Crippen molar-refractivity contribution in [1.82, 2.24) is 8.97 Å². The number of carboxylic acid groups (broad SMARTS) is 1. The molecule has 0 saturated carbocycles. The fraction of sp³-hybridized carbons (Fsp3) is 0.0833. The average Bonchev–Trinajstić information content (AvgIpc) is 2.83. The highest BCUT2D eigenvalue weighted by Crippen LogP contribution is 2.21. The van der Waals surface area contributed by atoms with E-state index >= 15 is 0 Å². The summed E-state index contributed by atoms with van der Waals surface area (Å²) in [6.45, 7) is 0. The maximum Gasteiger partial charge on any atom is 0.335 e. The first-order chi connectivity index (χ1) is 7.68. The SMILES string of the molecule is Cn1c2ccc(C(=O)O)cc2n2cccc12. The summed E-state index contributed by atoms with van der Waals surface area (Å²) < 4.78 is 4.03. The second-order valence-electron chi connectivity index (χ2n) is 3.80. The van der Waals surface area contributed by atoms with Gasteiger partial charge in [0.2, 0.25) is 0 Å². The van der Waals surface area contributed by atoms with Crippen molar-refractivity contribution in [1.29, 1.82) is 0 Å². The van der Waals surface area contributed by atoms with Crippen molar-refractivity contribution in [3.8, 4) is 0 Å². The summed E-state index contributed by atoms with van der Waals surface area (Å²) in [7, 11) is 1.97. The van der Waals surface area contributed by atoms with Crippen LogP contribution in [0.4, 0.5) is 0 Å². The third-order valence-corrected chi connectivity index (χ3v) is 2.91. The van der Waals surface area contributed by atoms with Crippen LogP contribution in [0, 0.1) is 0 Å². The predicted molar refractivity (Wildman–Crippen MR) is 60.8 cm³/mol. The van der Waals surface area contributed by atoms with E-state index in [4.69, 9.17) is 5.11 Å². The van der Waals surface area contributed by atoms with E-state index in [1.54, 1.807) is 12.1 Å². The monoisotopic (exact) mass is 214 g/mol. The van der Waals surface area contributed by atoms with Gasteiger partial charge in [0.1, 0.15) is 5.65 Å².